The number of nitrogens with zero attached hydrogens (tertiary/aromatic N) is 1. The molecule has 0 spiro atoms. The Morgan fingerprint density at radius 3 is 2.69 bits per heavy atom. The molecule has 1 rings (SSSR count). The van der Waals surface area contributed by atoms with Crippen molar-refractivity contribution < 1.29 is 9.59 Å². The Hall–Kier alpha value is -0.580. The predicted molar refractivity (Wildman–Crippen MR) is 52.3 cm³/mol. The lowest BCUT2D eigenvalue weighted by atomic mass is 10.2. The Labute approximate surface area is 85.6 Å². The minimum Gasteiger partial charge on any atom is -0.368 e. The summed E-state index contributed by atoms with van der Waals surface area (Å²) in [6.45, 7) is 2.39. The molecule has 1 aliphatic rings. The van der Waals surface area contributed by atoms with Gasteiger partial charge in [-0.25, -0.2) is 0 Å². The zero-order valence-electron chi connectivity index (χ0n) is 7.50. The highest BCUT2D eigenvalue weighted by Crippen LogP contribution is 2.19. The molecule has 74 valence electrons. The highest BCUT2D eigenvalue weighted by atomic mass is 79.9. The van der Waals surface area contributed by atoms with Crippen LogP contribution < -0.4 is 5.73 Å². The first kappa shape index (κ1) is 10.5. The van der Waals surface area contributed by atoms with Gasteiger partial charge in [-0.2, -0.15) is 0 Å². The van der Waals surface area contributed by atoms with Crippen molar-refractivity contribution in [1.82, 2.24) is 4.90 Å². The molecule has 2 N–H and O–H groups in total. The van der Waals surface area contributed by atoms with Crippen LogP contribution in [0.25, 0.3) is 0 Å². The van der Waals surface area contributed by atoms with Crippen molar-refractivity contribution in [3.05, 3.63) is 0 Å². The van der Waals surface area contributed by atoms with Crippen molar-refractivity contribution in [3.63, 3.8) is 0 Å². The first-order valence-corrected chi connectivity index (χ1v) is 5.19. The van der Waals surface area contributed by atoms with Gasteiger partial charge in [0, 0.05) is 6.54 Å². The fourth-order valence-electron chi connectivity index (χ4n) is 1.55. The van der Waals surface area contributed by atoms with Crippen molar-refractivity contribution in [2.75, 3.05) is 6.54 Å². The summed E-state index contributed by atoms with van der Waals surface area (Å²) < 4.78 is 0. The van der Waals surface area contributed by atoms with Gasteiger partial charge in [-0.15, -0.1) is 0 Å². The highest BCUT2D eigenvalue weighted by Gasteiger charge is 2.33. The predicted octanol–water partition coefficient (Wildman–Crippen LogP) is 0.246. The molecule has 4 nitrogen and oxygen atoms in total. The van der Waals surface area contributed by atoms with Crippen LogP contribution in [-0.4, -0.2) is 34.1 Å². The highest BCUT2D eigenvalue weighted by molar-refractivity contribution is 9.10. The van der Waals surface area contributed by atoms with E-state index >= 15 is 0 Å². The van der Waals surface area contributed by atoms with Gasteiger partial charge in [0.15, 0.2) is 0 Å². The number of hydrogen-bond donors (Lipinski definition) is 1. The van der Waals surface area contributed by atoms with Crippen LogP contribution in [0.5, 0.6) is 0 Å². The SMILES string of the molecule is CC(Br)C(=O)N1CCCC1C(N)=O. The summed E-state index contributed by atoms with van der Waals surface area (Å²) >= 11 is 3.18. The Bertz CT molecular complexity index is 230. The smallest absolute Gasteiger partial charge is 0.240 e. The van der Waals surface area contributed by atoms with E-state index in [1.54, 1.807) is 11.8 Å². The lowest BCUT2D eigenvalue weighted by Gasteiger charge is -2.23. The molecule has 1 saturated heterocycles. The standard InChI is InChI=1S/C8H13BrN2O2/c1-5(9)8(13)11-4-2-3-6(11)7(10)12/h5-6H,2-4H2,1H3,(H2,10,12). The summed E-state index contributed by atoms with van der Waals surface area (Å²) in [6.07, 6.45) is 1.56. The third-order valence-electron chi connectivity index (χ3n) is 2.20. The van der Waals surface area contributed by atoms with E-state index in [0.717, 1.165) is 6.42 Å². The first-order chi connectivity index (χ1) is 6.04. The molecule has 0 aromatic carbocycles. The van der Waals surface area contributed by atoms with Crippen molar-refractivity contribution in [2.24, 2.45) is 5.73 Å². The lowest BCUT2D eigenvalue weighted by Crippen LogP contribution is -2.45. The van der Waals surface area contributed by atoms with Crippen molar-refractivity contribution in [2.45, 2.75) is 30.6 Å². The van der Waals surface area contributed by atoms with E-state index in [1.807, 2.05) is 0 Å². The maximum atomic E-state index is 11.5. The molecule has 0 aliphatic carbocycles. The van der Waals surface area contributed by atoms with Gasteiger partial charge >= 0.3 is 0 Å². The van der Waals surface area contributed by atoms with Crippen molar-refractivity contribution in [1.29, 1.82) is 0 Å². The number of carbonyl (C=O) groups excluding carboxylic acids is 2. The summed E-state index contributed by atoms with van der Waals surface area (Å²) in [6, 6.07) is -0.396. The lowest BCUT2D eigenvalue weighted by molar-refractivity contribution is -0.136. The van der Waals surface area contributed by atoms with Gasteiger partial charge in [-0.3, -0.25) is 9.59 Å². The topological polar surface area (TPSA) is 63.4 Å². The molecule has 0 saturated carbocycles. The molecule has 2 unspecified atom stereocenters. The van der Waals surface area contributed by atoms with E-state index in [0.29, 0.717) is 13.0 Å². The van der Waals surface area contributed by atoms with Crippen LogP contribution in [0.3, 0.4) is 0 Å². The Balaban J connectivity index is 2.68. The Kier molecular flexibility index (Phi) is 3.30. The van der Waals surface area contributed by atoms with Gasteiger partial charge in [0.1, 0.15) is 6.04 Å². The Morgan fingerprint density at radius 2 is 2.23 bits per heavy atom. The molecule has 2 atom stereocenters. The zero-order chi connectivity index (χ0) is 10.0. The molecule has 13 heavy (non-hydrogen) atoms. The zero-order valence-corrected chi connectivity index (χ0v) is 9.08. The average Bonchev–Trinajstić information content (AvgIpc) is 2.50. The number of nitrogens with two attached hydrogens (primary N) is 1. The first-order valence-electron chi connectivity index (χ1n) is 4.28. The molecule has 0 radical (unpaired) electrons. The summed E-state index contributed by atoms with van der Waals surface area (Å²) in [5, 5.41) is 0. The fourth-order valence-corrected chi connectivity index (χ4v) is 1.82. The van der Waals surface area contributed by atoms with Gasteiger partial charge in [0.05, 0.1) is 4.83 Å². The molecule has 0 aromatic heterocycles. The molecule has 0 bridgehead atoms. The van der Waals surface area contributed by atoms with E-state index in [1.165, 1.54) is 0 Å². The van der Waals surface area contributed by atoms with E-state index in [4.69, 9.17) is 5.73 Å². The largest absolute Gasteiger partial charge is 0.368 e. The Morgan fingerprint density at radius 1 is 1.62 bits per heavy atom. The van der Waals surface area contributed by atoms with Gasteiger partial charge in [0.25, 0.3) is 0 Å². The second-order valence-electron chi connectivity index (χ2n) is 3.21. The van der Waals surface area contributed by atoms with Gasteiger partial charge in [-0.05, 0) is 19.8 Å². The van der Waals surface area contributed by atoms with E-state index in [2.05, 4.69) is 15.9 Å². The van der Waals surface area contributed by atoms with E-state index in [-0.39, 0.29) is 10.7 Å². The molecule has 1 aliphatic heterocycles. The van der Waals surface area contributed by atoms with E-state index < -0.39 is 11.9 Å². The second-order valence-corrected chi connectivity index (χ2v) is 4.58. The van der Waals surface area contributed by atoms with Crippen LogP contribution in [0.2, 0.25) is 0 Å². The second kappa shape index (κ2) is 4.09. The molecule has 0 aromatic rings. The summed E-state index contributed by atoms with van der Waals surface area (Å²) in [4.78, 5) is 23.8. The molecule has 2 amide bonds. The number of carbonyl (C=O) groups is 2. The minimum absolute atomic E-state index is 0.0544. The third-order valence-corrected chi connectivity index (χ3v) is 2.60. The van der Waals surface area contributed by atoms with E-state index in [9.17, 15) is 9.59 Å². The average molecular weight is 249 g/mol. The quantitative estimate of drug-likeness (QED) is 0.713. The van der Waals surface area contributed by atoms with Crippen LogP contribution in [0.15, 0.2) is 0 Å². The summed E-state index contributed by atoms with van der Waals surface area (Å²) in [5.41, 5.74) is 5.18. The number of alkyl halides is 1. The summed E-state index contributed by atoms with van der Waals surface area (Å²) in [5.74, 6) is -0.458. The van der Waals surface area contributed by atoms with Crippen LogP contribution in [-0.2, 0) is 9.59 Å². The normalized spacial score (nSPS) is 24.5. The van der Waals surface area contributed by atoms with Crippen LogP contribution in [0.4, 0.5) is 0 Å². The number of hydrogen-bond acceptors (Lipinski definition) is 2. The molecule has 5 heteroatoms. The molecule has 1 fully saturated rings. The molecule has 1 heterocycles. The maximum Gasteiger partial charge on any atom is 0.240 e. The molecular formula is C8H13BrN2O2. The summed E-state index contributed by atoms with van der Waals surface area (Å²) in [7, 11) is 0. The number of primary amides is 1. The number of likely N-dealkylation sites (tertiary alicyclic amines) is 1. The maximum absolute atomic E-state index is 11.5. The fraction of sp³-hybridized carbons (Fsp3) is 0.750. The van der Waals surface area contributed by atoms with Crippen LogP contribution >= 0.6 is 15.9 Å². The molecular weight excluding hydrogens is 236 g/mol. The third kappa shape index (κ3) is 2.21. The van der Waals surface area contributed by atoms with Gasteiger partial charge in [-0.1, -0.05) is 15.9 Å². The van der Waals surface area contributed by atoms with Crippen molar-refractivity contribution >= 4 is 27.7 Å². The monoisotopic (exact) mass is 248 g/mol. The number of halogens is 1. The van der Waals surface area contributed by atoms with Crippen LogP contribution in [0, 0.1) is 0 Å². The van der Waals surface area contributed by atoms with Crippen molar-refractivity contribution in [3.8, 4) is 0 Å². The number of amides is 2. The van der Waals surface area contributed by atoms with Gasteiger partial charge in [0.2, 0.25) is 11.8 Å². The van der Waals surface area contributed by atoms with Gasteiger partial charge < -0.3 is 10.6 Å². The minimum atomic E-state index is -0.404. The van der Waals surface area contributed by atoms with Crippen LogP contribution in [0.1, 0.15) is 19.8 Å². The number of rotatable bonds is 2.